The lowest BCUT2D eigenvalue weighted by atomic mass is 10.2. The van der Waals surface area contributed by atoms with Gasteiger partial charge in [-0.25, -0.2) is 9.82 Å². The van der Waals surface area contributed by atoms with Gasteiger partial charge in [-0.1, -0.05) is 6.92 Å². The molecule has 9 heteroatoms. The van der Waals surface area contributed by atoms with Crippen LogP contribution >= 0.6 is 22.6 Å². The van der Waals surface area contributed by atoms with Crippen molar-refractivity contribution >= 4 is 46.3 Å². The molecule has 2 amide bonds. The van der Waals surface area contributed by atoms with Gasteiger partial charge in [0, 0.05) is 5.69 Å². The second-order valence-corrected chi connectivity index (χ2v) is 7.07. The molecular formula is C20H21FIN3O4. The molecule has 0 unspecified atom stereocenters. The van der Waals surface area contributed by atoms with E-state index in [0.29, 0.717) is 29.4 Å². The van der Waals surface area contributed by atoms with Gasteiger partial charge in [0.15, 0.2) is 11.5 Å². The van der Waals surface area contributed by atoms with Crippen molar-refractivity contribution in [2.24, 2.45) is 5.10 Å². The fraction of sp³-hybridized carbons (Fsp3) is 0.250. The van der Waals surface area contributed by atoms with Gasteiger partial charge in [-0.05, 0) is 71.0 Å². The smallest absolute Gasteiger partial charge is 0.249 e. The Morgan fingerprint density at radius 3 is 2.59 bits per heavy atom. The number of anilines is 1. The molecule has 0 aromatic heterocycles. The minimum atomic E-state index is -0.578. The second kappa shape index (κ2) is 11.3. The van der Waals surface area contributed by atoms with Gasteiger partial charge in [-0.2, -0.15) is 5.10 Å². The van der Waals surface area contributed by atoms with Crippen LogP contribution in [-0.4, -0.2) is 31.7 Å². The molecule has 154 valence electrons. The van der Waals surface area contributed by atoms with Gasteiger partial charge in [-0.3, -0.25) is 9.59 Å². The molecule has 0 heterocycles. The van der Waals surface area contributed by atoms with Crippen molar-refractivity contribution in [1.29, 1.82) is 0 Å². The molecule has 0 atom stereocenters. The number of nitrogens with zero attached hydrogens (tertiary/aromatic N) is 1. The summed E-state index contributed by atoms with van der Waals surface area (Å²) in [6.07, 6.45) is 1.91. The van der Waals surface area contributed by atoms with Crippen LogP contribution in [0.3, 0.4) is 0 Å². The Morgan fingerprint density at radius 1 is 1.21 bits per heavy atom. The average molecular weight is 513 g/mol. The first-order chi connectivity index (χ1) is 13.9. The third kappa shape index (κ3) is 7.33. The van der Waals surface area contributed by atoms with Gasteiger partial charge in [0.05, 0.1) is 23.5 Å². The maximum absolute atomic E-state index is 12.9. The normalized spacial score (nSPS) is 10.6. The molecule has 2 aromatic rings. The van der Waals surface area contributed by atoms with Crippen LogP contribution in [0.1, 0.15) is 25.3 Å². The van der Waals surface area contributed by atoms with Crippen molar-refractivity contribution in [2.45, 2.75) is 19.8 Å². The molecule has 0 aliphatic carbocycles. The second-order valence-electron chi connectivity index (χ2n) is 5.91. The van der Waals surface area contributed by atoms with E-state index in [2.05, 4.69) is 38.4 Å². The summed E-state index contributed by atoms with van der Waals surface area (Å²) in [6.45, 7) is 2.60. The number of hydrazone groups is 1. The number of hydrogen-bond acceptors (Lipinski definition) is 5. The molecule has 0 bridgehead atoms. The van der Waals surface area contributed by atoms with Gasteiger partial charge in [-0.15, -0.1) is 0 Å². The zero-order valence-electron chi connectivity index (χ0n) is 16.0. The SMILES string of the molecule is CCCOc1c(I)cc(C=NNC(=O)CC(=O)Nc2ccc(F)cc2)cc1OC. The van der Waals surface area contributed by atoms with Crippen LogP contribution in [0.25, 0.3) is 0 Å². The Morgan fingerprint density at radius 2 is 1.93 bits per heavy atom. The summed E-state index contributed by atoms with van der Waals surface area (Å²) in [5.41, 5.74) is 3.40. The summed E-state index contributed by atoms with van der Waals surface area (Å²) in [6, 6.07) is 8.83. The number of hydrogen-bond donors (Lipinski definition) is 2. The number of carbonyl (C=O) groups excluding carboxylic acids is 2. The van der Waals surface area contributed by atoms with E-state index in [1.807, 2.05) is 13.0 Å². The highest BCUT2D eigenvalue weighted by molar-refractivity contribution is 14.1. The Hall–Kier alpha value is -2.69. The molecule has 0 aliphatic heterocycles. The number of benzene rings is 2. The molecular weight excluding hydrogens is 492 g/mol. The van der Waals surface area contributed by atoms with Gasteiger partial charge >= 0.3 is 0 Å². The molecule has 29 heavy (non-hydrogen) atoms. The van der Waals surface area contributed by atoms with Crippen molar-refractivity contribution in [3.8, 4) is 11.5 Å². The maximum atomic E-state index is 12.9. The quantitative estimate of drug-likeness (QED) is 0.232. The lowest BCUT2D eigenvalue weighted by molar-refractivity contribution is -0.126. The summed E-state index contributed by atoms with van der Waals surface area (Å²) in [5.74, 6) is -0.292. The van der Waals surface area contributed by atoms with Crippen LogP contribution in [-0.2, 0) is 9.59 Å². The van der Waals surface area contributed by atoms with Crippen LogP contribution in [0.2, 0.25) is 0 Å². The van der Waals surface area contributed by atoms with E-state index in [4.69, 9.17) is 9.47 Å². The number of rotatable bonds is 9. The van der Waals surface area contributed by atoms with Gasteiger partial charge in [0.2, 0.25) is 11.8 Å². The third-order valence-electron chi connectivity index (χ3n) is 3.55. The fourth-order valence-electron chi connectivity index (χ4n) is 2.26. The Balaban J connectivity index is 1.91. The number of nitrogens with one attached hydrogen (secondary N) is 2. The largest absolute Gasteiger partial charge is 0.493 e. The van der Waals surface area contributed by atoms with Crippen molar-refractivity contribution in [2.75, 3.05) is 19.0 Å². The van der Waals surface area contributed by atoms with Crippen LogP contribution in [0.4, 0.5) is 10.1 Å². The topological polar surface area (TPSA) is 89.0 Å². The molecule has 2 rings (SSSR count). The van der Waals surface area contributed by atoms with Crippen LogP contribution in [0.5, 0.6) is 11.5 Å². The van der Waals surface area contributed by atoms with Gasteiger partial charge in [0.25, 0.3) is 0 Å². The van der Waals surface area contributed by atoms with Crippen LogP contribution < -0.4 is 20.2 Å². The molecule has 0 saturated heterocycles. The van der Waals surface area contributed by atoms with Gasteiger partial charge in [0.1, 0.15) is 12.2 Å². The Kier molecular flexibility index (Phi) is 8.84. The molecule has 7 nitrogen and oxygen atoms in total. The fourth-order valence-corrected chi connectivity index (χ4v) is 3.04. The number of ether oxygens (including phenoxy) is 2. The number of halogens is 2. The Bertz CT molecular complexity index is 888. The Labute approximate surface area is 181 Å². The van der Waals surface area contributed by atoms with Crippen molar-refractivity contribution < 1.29 is 23.5 Å². The van der Waals surface area contributed by atoms with Crippen molar-refractivity contribution in [1.82, 2.24) is 5.43 Å². The summed E-state index contributed by atoms with van der Waals surface area (Å²) in [5, 5.41) is 6.37. The zero-order chi connectivity index (χ0) is 21.2. The highest BCUT2D eigenvalue weighted by Gasteiger charge is 2.12. The highest BCUT2D eigenvalue weighted by atomic mass is 127. The molecule has 0 saturated carbocycles. The summed E-state index contributed by atoms with van der Waals surface area (Å²) in [4.78, 5) is 23.7. The van der Waals surface area contributed by atoms with E-state index in [0.717, 1.165) is 9.99 Å². The van der Waals surface area contributed by atoms with E-state index >= 15 is 0 Å². The van der Waals surface area contributed by atoms with E-state index in [1.165, 1.54) is 30.5 Å². The van der Waals surface area contributed by atoms with E-state index in [9.17, 15) is 14.0 Å². The minimum Gasteiger partial charge on any atom is -0.493 e. The lowest BCUT2D eigenvalue weighted by Crippen LogP contribution is -2.24. The minimum absolute atomic E-state index is 0.403. The predicted molar refractivity (Wildman–Crippen MR) is 117 cm³/mol. The summed E-state index contributed by atoms with van der Waals surface area (Å²) >= 11 is 2.14. The predicted octanol–water partition coefficient (Wildman–Crippen LogP) is 3.71. The monoisotopic (exact) mass is 513 g/mol. The van der Waals surface area contributed by atoms with Gasteiger partial charge < -0.3 is 14.8 Å². The number of methoxy groups -OCH3 is 1. The number of amides is 2. The lowest BCUT2D eigenvalue weighted by Gasteiger charge is -2.12. The van der Waals surface area contributed by atoms with E-state index in [-0.39, 0.29) is 0 Å². The summed E-state index contributed by atoms with van der Waals surface area (Å²) in [7, 11) is 1.55. The molecule has 0 fully saturated rings. The van der Waals surface area contributed by atoms with Crippen molar-refractivity contribution in [3.63, 3.8) is 0 Å². The van der Waals surface area contributed by atoms with Crippen LogP contribution in [0.15, 0.2) is 41.5 Å². The molecule has 0 spiro atoms. The first kappa shape index (κ1) is 22.6. The maximum Gasteiger partial charge on any atom is 0.249 e. The first-order valence-electron chi connectivity index (χ1n) is 8.80. The van der Waals surface area contributed by atoms with Crippen molar-refractivity contribution in [3.05, 3.63) is 51.3 Å². The molecule has 0 aliphatic rings. The van der Waals surface area contributed by atoms with Crippen LogP contribution in [0, 0.1) is 9.39 Å². The first-order valence-corrected chi connectivity index (χ1v) is 9.88. The molecule has 2 N–H and O–H groups in total. The van der Waals surface area contributed by atoms with E-state index < -0.39 is 24.1 Å². The third-order valence-corrected chi connectivity index (χ3v) is 4.36. The highest BCUT2D eigenvalue weighted by Crippen LogP contribution is 2.33. The average Bonchev–Trinajstić information content (AvgIpc) is 2.68. The molecule has 2 aromatic carbocycles. The standard InChI is InChI=1S/C20H21FIN3O4/c1-3-8-29-20-16(22)9-13(10-17(20)28-2)12-23-25-19(27)11-18(26)24-15-6-4-14(21)5-7-15/h4-7,9-10,12H,3,8,11H2,1-2H3,(H,24,26)(H,25,27). The molecule has 0 radical (unpaired) electrons. The number of carbonyl (C=O) groups is 2. The van der Waals surface area contributed by atoms with E-state index in [1.54, 1.807) is 13.2 Å². The summed E-state index contributed by atoms with van der Waals surface area (Å²) < 4.78 is 24.7. The zero-order valence-corrected chi connectivity index (χ0v) is 18.2.